The number of fused-ring (bicyclic) bond motifs is 1. The summed E-state index contributed by atoms with van der Waals surface area (Å²) >= 11 is 7.53. The molecule has 1 aromatic heterocycles. The lowest BCUT2D eigenvalue weighted by Crippen LogP contribution is -2.21. The van der Waals surface area contributed by atoms with E-state index in [1.54, 1.807) is 0 Å². The Bertz CT molecular complexity index is 1010. The van der Waals surface area contributed by atoms with E-state index in [0.717, 1.165) is 15.8 Å². The van der Waals surface area contributed by atoms with Crippen molar-refractivity contribution in [2.45, 2.75) is 20.4 Å². The second-order valence-corrected chi connectivity index (χ2v) is 7.35. The number of halogens is 1. The highest BCUT2D eigenvalue weighted by Gasteiger charge is 2.09. The lowest BCUT2D eigenvalue weighted by molar-refractivity contribution is -0.120. The van der Waals surface area contributed by atoms with Crippen molar-refractivity contribution in [3.8, 4) is 5.75 Å². The van der Waals surface area contributed by atoms with Crippen molar-refractivity contribution in [1.82, 2.24) is 4.57 Å². The molecule has 1 heterocycles. The quantitative estimate of drug-likeness (QED) is 0.554. The fraction of sp³-hybridized carbons (Fsp3) is 0.300. The molecule has 0 aliphatic rings. The topological polar surface area (TPSA) is 52.8 Å². The molecule has 2 aromatic carbocycles. The van der Waals surface area contributed by atoms with Gasteiger partial charge in [-0.15, -0.1) is 0 Å². The van der Waals surface area contributed by atoms with Gasteiger partial charge < -0.3 is 14.0 Å². The number of para-hydroxylation sites is 1. The number of thiazole rings is 1. The largest absolute Gasteiger partial charge is 0.483 e. The first kappa shape index (κ1) is 19.6. The number of carbonyl (C=O) groups is 1. The van der Waals surface area contributed by atoms with Crippen LogP contribution in [0.1, 0.15) is 12.5 Å². The van der Waals surface area contributed by atoms with E-state index >= 15 is 0 Å². The van der Waals surface area contributed by atoms with Gasteiger partial charge in [0.05, 0.1) is 16.8 Å². The van der Waals surface area contributed by atoms with Gasteiger partial charge in [-0.1, -0.05) is 41.1 Å². The lowest BCUT2D eigenvalue weighted by Gasteiger charge is -2.07. The molecule has 0 spiro atoms. The normalized spacial score (nSPS) is 11.9. The van der Waals surface area contributed by atoms with Crippen LogP contribution >= 0.6 is 22.9 Å². The van der Waals surface area contributed by atoms with Gasteiger partial charge in [-0.2, -0.15) is 4.99 Å². The second-order valence-electron chi connectivity index (χ2n) is 5.90. The standard InChI is InChI=1S/C20H21ClN2O3S/c1-3-25-11-10-23-16-9-8-15(21)12-18(16)27-20(23)22-19(24)13-26-17-7-5-4-6-14(17)2/h4-9,12H,3,10-11,13H2,1-2H3. The third-order valence-electron chi connectivity index (χ3n) is 3.97. The van der Waals surface area contributed by atoms with Crippen molar-refractivity contribution in [3.63, 3.8) is 0 Å². The Hall–Kier alpha value is -2.15. The summed E-state index contributed by atoms with van der Waals surface area (Å²) in [6.07, 6.45) is 0. The van der Waals surface area contributed by atoms with Crippen LogP contribution in [-0.2, 0) is 16.1 Å². The van der Waals surface area contributed by atoms with Crippen molar-refractivity contribution in [2.75, 3.05) is 19.8 Å². The van der Waals surface area contributed by atoms with Crippen LogP contribution in [0.25, 0.3) is 10.2 Å². The zero-order valence-corrected chi connectivity index (χ0v) is 16.8. The summed E-state index contributed by atoms with van der Waals surface area (Å²) in [5.41, 5.74) is 1.96. The van der Waals surface area contributed by atoms with E-state index in [1.165, 1.54) is 11.3 Å². The summed E-state index contributed by atoms with van der Waals surface area (Å²) in [6.45, 7) is 5.59. The van der Waals surface area contributed by atoms with Crippen molar-refractivity contribution in [1.29, 1.82) is 0 Å². The predicted molar refractivity (Wildman–Crippen MR) is 109 cm³/mol. The third kappa shape index (κ3) is 4.97. The summed E-state index contributed by atoms with van der Waals surface area (Å²) in [4.78, 5) is 17.3. The third-order valence-corrected chi connectivity index (χ3v) is 5.25. The number of aryl methyl sites for hydroxylation is 1. The van der Waals surface area contributed by atoms with Gasteiger partial charge in [-0.3, -0.25) is 4.79 Å². The Labute approximate surface area is 166 Å². The molecule has 3 aromatic rings. The number of aromatic nitrogens is 1. The zero-order chi connectivity index (χ0) is 19.2. The lowest BCUT2D eigenvalue weighted by atomic mass is 10.2. The molecule has 0 N–H and O–H groups in total. The molecule has 0 unspecified atom stereocenters. The van der Waals surface area contributed by atoms with Crippen LogP contribution in [-0.4, -0.2) is 30.3 Å². The van der Waals surface area contributed by atoms with Crippen LogP contribution in [0.3, 0.4) is 0 Å². The summed E-state index contributed by atoms with van der Waals surface area (Å²) in [5, 5.41) is 0.654. The van der Waals surface area contributed by atoms with Crippen molar-refractivity contribution in [3.05, 3.63) is 57.9 Å². The molecular weight excluding hydrogens is 384 g/mol. The van der Waals surface area contributed by atoms with Crippen LogP contribution in [0.2, 0.25) is 5.02 Å². The average Bonchev–Trinajstić information content (AvgIpc) is 2.97. The minimum atomic E-state index is -0.332. The van der Waals surface area contributed by atoms with Gasteiger partial charge >= 0.3 is 0 Å². The van der Waals surface area contributed by atoms with Crippen molar-refractivity contribution >= 4 is 39.1 Å². The highest BCUT2D eigenvalue weighted by atomic mass is 35.5. The Morgan fingerprint density at radius 1 is 1.26 bits per heavy atom. The van der Waals surface area contributed by atoms with Gasteiger partial charge in [0, 0.05) is 18.2 Å². The number of hydrogen-bond acceptors (Lipinski definition) is 4. The number of ether oxygens (including phenoxy) is 2. The predicted octanol–water partition coefficient (Wildman–Crippen LogP) is 4.21. The molecule has 27 heavy (non-hydrogen) atoms. The highest BCUT2D eigenvalue weighted by molar-refractivity contribution is 7.16. The van der Waals surface area contributed by atoms with Gasteiger partial charge in [-0.05, 0) is 43.7 Å². The SMILES string of the molecule is CCOCCn1c(=NC(=O)COc2ccccc2C)sc2cc(Cl)ccc21. The molecule has 1 amide bonds. The van der Waals surface area contributed by atoms with E-state index in [-0.39, 0.29) is 12.5 Å². The Kier molecular flexibility index (Phi) is 6.66. The van der Waals surface area contributed by atoms with Gasteiger partial charge in [0.2, 0.25) is 0 Å². The molecule has 3 rings (SSSR count). The summed E-state index contributed by atoms with van der Waals surface area (Å²) in [6, 6.07) is 13.2. The van der Waals surface area contributed by atoms with Crippen LogP contribution in [0.4, 0.5) is 0 Å². The van der Waals surface area contributed by atoms with E-state index in [0.29, 0.717) is 35.3 Å². The first-order valence-corrected chi connectivity index (χ1v) is 9.90. The molecule has 0 atom stereocenters. The molecule has 0 aliphatic carbocycles. The van der Waals surface area contributed by atoms with E-state index in [2.05, 4.69) is 4.99 Å². The number of nitrogens with zero attached hydrogens (tertiary/aromatic N) is 2. The molecule has 5 nitrogen and oxygen atoms in total. The molecule has 0 aliphatic heterocycles. The van der Waals surface area contributed by atoms with Gasteiger partial charge in [-0.25, -0.2) is 0 Å². The first-order chi connectivity index (χ1) is 13.1. The maximum Gasteiger partial charge on any atom is 0.286 e. The smallest absolute Gasteiger partial charge is 0.286 e. The van der Waals surface area contributed by atoms with E-state index in [1.807, 2.05) is 60.9 Å². The minimum Gasteiger partial charge on any atom is -0.483 e. The number of amides is 1. The molecule has 0 radical (unpaired) electrons. The van der Waals surface area contributed by atoms with E-state index in [4.69, 9.17) is 21.1 Å². The molecule has 7 heteroatoms. The summed E-state index contributed by atoms with van der Waals surface area (Å²) < 4.78 is 14.0. The minimum absolute atomic E-state index is 0.106. The fourth-order valence-corrected chi connectivity index (χ4v) is 3.99. The Morgan fingerprint density at radius 3 is 2.85 bits per heavy atom. The number of rotatable bonds is 7. The summed E-state index contributed by atoms with van der Waals surface area (Å²) in [7, 11) is 0. The first-order valence-electron chi connectivity index (χ1n) is 8.71. The zero-order valence-electron chi connectivity index (χ0n) is 15.3. The second kappa shape index (κ2) is 9.17. The van der Waals surface area contributed by atoms with Gasteiger partial charge in [0.1, 0.15) is 5.75 Å². The molecular formula is C20H21ClN2O3S. The van der Waals surface area contributed by atoms with Crippen molar-refractivity contribution < 1.29 is 14.3 Å². The number of benzene rings is 2. The van der Waals surface area contributed by atoms with Crippen molar-refractivity contribution in [2.24, 2.45) is 4.99 Å². The van der Waals surface area contributed by atoms with E-state index in [9.17, 15) is 4.79 Å². The van der Waals surface area contributed by atoms with Crippen LogP contribution in [0.5, 0.6) is 5.75 Å². The van der Waals surface area contributed by atoms with Crippen LogP contribution in [0, 0.1) is 6.92 Å². The van der Waals surface area contributed by atoms with Gasteiger partial charge in [0.25, 0.3) is 5.91 Å². The molecule has 0 saturated heterocycles. The molecule has 0 saturated carbocycles. The number of hydrogen-bond donors (Lipinski definition) is 0. The maximum absolute atomic E-state index is 12.4. The summed E-state index contributed by atoms with van der Waals surface area (Å²) in [5.74, 6) is 0.356. The molecule has 0 fully saturated rings. The Morgan fingerprint density at radius 2 is 2.07 bits per heavy atom. The monoisotopic (exact) mass is 404 g/mol. The van der Waals surface area contributed by atoms with Gasteiger partial charge in [0.15, 0.2) is 11.4 Å². The highest BCUT2D eigenvalue weighted by Crippen LogP contribution is 2.22. The molecule has 0 bridgehead atoms. The number of carbonyl (C=O) groups excluding carboxylic acids is 1. The van der Waals surface area contributed by atoms with Crippen LogP contribution in [0.15, 0.2) is 47.5 Å². The average molecular weight is 405 g/mol. The van der Waals surface area contributed by atoms with Crippen LogP contribution < -0.4 is 9.54 Å². The van der Waals surface area contributed by atoms with E-state index < -0.39 is 0 Å². The maximum atomic E-state index is 12.4. The fourth-order valence-electron chi connectivity index (χ4n) is 2.65. The molecule has 142 valence electrons. The Balaban J connectivity index is 1.85.